The first-order valence-electron chi connectivity index (χ1n) is 8.21. The van der Waals surface area contributed by atoms with Crippen molar-refractivity contribution >= 4 is 17.7 Å². The van der Waals surface area contributed by atoms with Gasteiger partial charge in [0.2, 0.25) is 5.91 Å². The molecule has 1 N–H and O–H groups in total. The molecule has 26 heavy (non-hydrogen) atoms. The van der Waals surface area contributed by atoms with Crippen molar-refractivity contribution in [2.45, 2.75) is 12.3 Å². The van der Waals surface area contributed by atoms with E-state index < -0.39 is 0 Å². The van der Waals surface area contributed by atoms with Crippen molar-refractivity contribution < 1.29 is 4.79 Å². The van der Waals surface area contributed by atoms with Crippen LogP contribution in [0.4, 0.5) is 0 Å². The largest absolute Gasteiger partial charge is 0.351 e. The van der Waals surface area contributed by atoms with E-state index in [2.05, 4.69) is 10.4 Å². The number of carbonyl (C=O) groups excluding carboxylic acids is 1. The third-order valence-corrected chi connectivity index (χ3v) is 4.82. The highest BCUT2D eigenvalue weighted by Crippen LogP contribution is 2.10. The molecular formula is C19H20N4O2S. The van der Waals surface area contributed by atoms with Crippen molar-refractivity contribution in [2.75, 3.05) is 5.75 Å². The molecule has 0 radical (unpaired) electrons. The number of aromatic nitrogens is 3. The summed E-state index contributed by atoms with van der Waals surface area (Å²) < 4.78 is 3.31. The maximum atomic E-state index is 12.0. The van der Waals surface area contributed by atoms with Gasteiger partial charge in [0.15, 0.2) is 0 Å². The summed E-state index contributed by atoms with van der Waals surface area (Å²) in [5.41, 5.74) is 2.81. The zero-order valence-corrected chi connectivity index (χ0v) is 15.3. The second-order valence-electron chi connectivity index (χ2n) is 5.88. The lowest BCUT2D eigenvalue weighted by molar-refractivity contribution is -0.118. The molecular weight excluding hydrogens is 348 g/mol. The Morgan fingerprint density at radius 3 is 2.77 bits per heavy atom. The van der Waals surface area contributed by atoms with Crippen LogP contribution in [-0.4, -0.2) is 26.0 Å². The molecule has 6 nitrogen and oxygen atoms in total. The molecule has 0 aliphatic carbocycles. The summed E-state index contributed by atoms with van der Waals surface area (Å²) in [4.78, 5) is 23.5. The molecule has 0 aliphatic rings. The second-order valence-corrected chi connectivity index (χ2v) is 6.87. The van der Waals surface area contributed by atoms with E-state index in [1.807, 2.05) is 42.6 Å². The van der Waals surface area contributed by atoms with E-state index >= 15 is 0 Å². The fraction of sp³-hybridized carbons (Fsp3) is 0.211. The van der Waals surface area contributed by atoms with E-state index in [1.165, 1.54) is 16.3 Å². The minimum atomic E-state index is -0.0389. The van der Waals surface area contributed by atoms with Crippen molar-refractivity contribution in [1.82, 2.24) is 19.7 Å². The molecule has 3 rings (SSSR count). The fourth-order valence-corrected chi connectivity index (χ4v) is 3.17. The summed E-state index contributed by atoms with van der Waals surface area (Å²) in [5, 5.41) is 7.20. The van der Waals surface area contributed by atoms with Gasteiger partial charge in [-0.25, -0.2) is 4.68 Å². The average Bonchev–Trinajstić information content (AvgIpc) is 3.13. The Bertz CT molecular complexity index is 934. The number of carbonyl (C=O) groups is 1. The monoisotopic (exact) mass is 368 g/mol. The Balaban J connectivity index is 1.43. The van der Waals surface area contributed by atoms with Crippen molar-refractivity contribution in [3.63, 3.8) is 0 Å². The van der Waals surface area contributed by atoms with Gasteiger partial charge in [-0.05, 0) is 23.8 Å². The molecule has 2 heterocycles. The van der Waals surface area contributed by atoms with Gasteiger partial charge in [-0.2, -0.15) is 5.10 Å². The van der Waals surface area contributed by atoms with Gasteiger partial charge in [0.05, 0.1) is 17.6 Å². The first kappa shape index (κ1) is 18.0. The van der Waals surface area contributed by atoms with Crippen LogP contribution in [0.15, 0.2) is 65.8 Å². The molecule has 0 saturated heterocycles. The van der Waals surface area contributed by atoms with Crippen molar-refractivity contribution in [3.05, 3.63) is 82.5 Å². The number of para-hydroxylation sites is 1. The standard InChI is InChI=1S/C19H20N4O2S/c1-22-8-7-15(9-19(22)25)13-26-14-18(24)20-10-16-11-21-23(12-16)17-5-3-2-4-6-17/h2-9,11-12H,10,13-14H2,1H3,(H,20,24). The van der Waals surface area contributed by atoms with Crippen LogP contribution in [-0.2, 0) is 24.1 Å². The molecule has 0 aliphatic heterocycles. The summed E-state index contributed by atoms with van der Waals surface area (Å²) in [6, 6.07) is 13.3. The molecule has 134 valence electrons. The number of aryl methyl sites for hydroxylation is 1. The van der Waals surface area contributed by atoms with Gasteiger partial charge in [0.25, 0.3) is 5.56 Å². The maximum absolute atomic E-state index is 12.0. The minimum Gasteiger partial charge on any atom is -0.351 e. The summed E-state index contributed by atoms with van der Waals surface area (Å²) in [5.74, 6) is 0.948. The van der Waals surface area contributed by atoms with Crippen LogP contribution in [0.1, 0.15) is 11.1 Å². The summed E-state index contributed by atoms with van der Waals surface area (Å²) in [6.07, 6.45) is 5.39. The SMILES string of the molecule is Cn1ccc(CSCC(=O)NCc2cnn(-c3ccccc3)c2)cc1=O. The predicted molar refractivity (Wildman–Crippen MR) is 103 cm³/mol. The highest BCUT2D eigenvalue weighted by molar-refractivity contribution is 7.99. The van der Waals surface area contributed by atoms with Crippen LogP contribution in [0.25, 0.3) is 5.69 Å². The zero-order chi connectivity index (χ0) is 18.4. The third-order valence-electron chi connectivity index (χ3n) is 3.82. The van der Waals surface area contributed by atoms with Gasteiger partial charge in [0, 0.05) is 43.4 Å². The van der Waals surface area contributed by atoms with Crippen molar-refractivity contribution in [3.8, 4) is 5.69 Å². The molecule has 0 spiro atoms. The van der Waals surface area contributed by atoms with Gasteiger partial charge in [-0.1, -0.05) is 18.2 Å². The van der Waals surface area contributed by atoms with E-state index in [-0.39, 0.29) is 11.5 Å². The molecule has 0 atom stereocenters. The summed E-state index contributed by atoms with van der Waals surface area (Å²) in [6.45, 7) is 0.443. The highest BCUT2D eigenvalue weighted by atomic mass is 32.2. The van der Waals surface area contributed by atoms with E-state index in [9.17, 15) is 9.59 Å². The highest BCUT2D eigenvalue weighted by Gasteiger charge is 2.05. The van der Waals surface area contributed by atoms with E-state index in [4.69, 9.17) is 0 Å². The lowest BCUT2D eigenvalue weighted by Gasteiger charge is -2.05. The average molecular weight is 368 g/mol. The number of nitrogens with one attached hydrogen (secondary N) is 1. The number of benzene rings is 1. The Hall–Kier alpha value is -2.80. The number of nitrogens with zero attached hydrogens (tertiary/aromatic N) is 3. The van der Waals surface area contributed by atoms with Crippen LogP contribution in [0.3, 0.4) is 0 Å². The quantitative estimate of drug-likeness (QED) is 0.694. The number of pyridine rings is 1. The van der Waals surface area contributed by atoms with Crippen LogP contribution in [0, 0.1) is 0 Å². The number of hydrogen-bond donors (Lipinski definition) is 1. The molecule has 2 aromatic heterocycles. The molecule has 1 amide bonds. The van der Waals surface area contributed by atoms with Gasteiger partial charge in [0.1, 0.15) is 0 Å². The first-order chi connectivity index (χ1) is 12.6. The van der Waals surface area contributed by atoms with Gasteiger partial charge >= 0.3 is 0 Å². The number of rotatable bonds is 7. The zero-order valence-electron chi connectivity index (χ0n) is 14.5. The topological polar surface area (TPSA) is 68.9 Å². The van der Waals surface area contributed by atoms with Crippen molar-refractivity contribution in [1.29, 1.82) is 0 Å². The normalized spacial score (nSPS) is 10.7. The Kier molecular flexibility index (Phi) is 5.91. The Morgan fingerprint density at radius 1 is 1.19 bits per heavy atom. The fourth-order valence-electron chi connectivity index (χ4n) is 2.37. The van der Waals surface area contributed by atoms with Gasteiger partial charge in [-0.3, -0.25) is 9.59 Å². The Labute approximate surface area is 155 Å². The summed E-state index contributed by atoms with van der Waals surface area (Å²) >= 11 is 1.49. The van der Waals surface area contributed by atoms with E-state index in [1.54, 1.807) is 30.2 Å². The van der Waals surface area contributed by atoms with Crippen molar-refractivity contribution in [2.24, 2.45) is 7.05 Å². The molecule has 0 bridgehead atoms. The lowest BCUT2D eigenvalue weighted by atomic mass is 10.3. The molecule has 0 fully saturated rings. The number of thioether (sulfide) groups is 1. The van der Waals surface area contributed by atoms with Crippen LogP contribution in [0.2, 0.25) is 0 Å². The lowest BCUT2D eigenvalue weighted by Crippen LogP contribution is -2.24. The minimum absolute atomic E-state index is 0.0358. The van der Waals surface area contributed by atoms with Crippen LogP contribution < -0.4 is 10.9 Å². The van der Waals surface area contributed by atoms with E-state index in [0.717, 1.165) is 16.8 Å². The maximum Gasteiger partial charge on any atom is 0.250 e. The number of hydrogen-bond acceptors (Lipinski definition) is 4. The van der Waals surface area contributed by atoms with Gasteiger partial charge in [-0.15, -0.1) is 11.8 Å². The Morgan fingerprint density at radius 2 is 2.00 bits per heavy atom. The smallest absolute Gasteiger partial charge is 0.250 e. The molecule has 3 aromatic rings. The first-order valence-corrected chi connectivity index (χ1v) is 9.36. The molecule has 0 unspecified atom stereocenters. The summed E-state index contributed by atoms with van der Waals surface area (Å²) in [7, 11) is 1.71. The van der Waals surface area contributed by atoms with Gasteiger partial charge < -0.3 is 9.88 Å². The van der Waals surface area contributed by atoms with Crippen LogP contribution >= 0.6 is 11.8 Å². The van der Waals surface area contributed by atoms with Crippen LogP contribution in [0.5, 0.6) is 0 Å². The van der Waals surface area contributed by atoms with E-state index in [0.29, 0.717) is 18.1 Å². The second kappa shape index (κ2) is 8.53. The third kappa shape index (κ3) is 4.86. The molecule has 0 saturated carbocycles. The molecule has 1 aromatic carbocycles. The predicted octanol–water partition coefficient (Wildman–Crippen LogP) is 2.12. The number of amides is 1. The molecule has 7 heteroatoms.